The van der Waals surface area contributed by atoms with Crippen molar-refractivity contribution in [3.63, 3.8) is 0 Å². The number of halogens is 1. The van der Waals surface area contributed by atoms with Gasteiger partial charge in [0.25, 0.3) is 0 Å². The van der Waals surface area contributed by atoms with Crippen LogP contribution in [0.25, 0.3) is 0 Å². The number of hydrogen-bond donors (Lipinski definition) is 1. The Hall–Kier alpha value is -0.180. The molecule has 106 valence electrons. The summed E-state index contributed by atoms with van der Waals surface area (Å²) in [5, 5.41) is 5.31. The van der Waals surface area contributed by atoms with Crippen molar-refractivity contribution in [2.24, 2.45) is 5.92 Å². The molecule has 2 rings (SSSR count). The van der Waals surface area contributed by atoms with Gasteiger partial charge in [-0.1, -0.05) is 37.6 Å². The van der Waals surface area contributed by atoms with Crippen LogP contribution in [0, 0.1) is 5.92 Å². The third kappa shape index (κ3) is 4.40. The molecule has 3 unspecified atom stereocenters. The zero-order chi connectivity index (χ0) is 13.7. The van der Waals surface area contributed by atoms with Crippen molar-refractivity contribution in [3.05, 3.63) is 34.9 Å². The molecule has 1 aromatic rings. The highest BCUT2D eigenvalue weighted by molar-refractivity contribution is 7.99. The minimum atomic E-state index is 0.725. The molecule has 3 atom stereocenters. The molecule has 1 aliphatic rings. The van der Waals surface area contributed by atoms with Crippen molar-refractivity contribution in [2.75, 3.05) is 6.54 Å². The third-order valence-corrected chi connectivity index (χ3v) is 5.86. The number of rotatable bonds is 6. The van der Waals surface area contributed by atoms with Gasteiger partial charge in [-0.25, -0.2) is 0 Å². The zero-order valence-corrected chi connectivity index (χ0v) is 13.4. The first-order valence-corrected chi connectivity index (χ1v) is 8.72. The van der Waals surface area contributed by atoms with Crippen molar-refractivity contribution in [1.29, 1.82) is 0 Å². The highest BCUT2D eigenvalue weighted by Crippen LogP contribution is 2.36. The topological polar surface area (TPSA) is 12.0 Å². The molecule has 0 bridgehead atoms. The molecule has 19 heavy (non-hydrogen) atoms. The summed E-state index contributed by atoms with van der Waals surface area (Å²) in [6.45, 7) is 5.79. The van der Waals surface area contributed by atoms with E-state index in [1.54, 1.807) is 0 Å². The van der Waals surface area contributed by atoms with Crippen molar-refractivity contribution >= 4 is 23.4 Å². The van der Waals surface area contributed by atoms with Crippen LogP contribution < -0.4 is 5.32 Å². The van der Waals surface area contributed by atoms with Crippen LogP contribution in [-0.4, -0.2) is 17.8 Å². The van der Waals surface area contributed by atoms with Gasteiger partial charge >= 0.3 is 0 Å². The van der Waals surface area contributed by atoms with Gasteiger partial charge in [0.1, 0.15) is 0 Å². The monoisotopic (exact) mass is 297 g/mol. The highest BCUT2D eigenvalue weighted by atomic mass is 35.5. The molecule has 0 heterocycles. The minimum Gasteiger partial charge on any atom is -0.314 e. The van der Waals surface area contributed by atoms with Gasteiger partial charge < -0.3 is 5.32 Å². The largest absolute Gasteiger partial charge is 0.314 e. The average Bonchev–Trinajstić information content (AvgIpc) is 2.77. The van der Waals surface area contributed by atoms with Crippen LogP contribution in [0.15, 0.2) is 24.3 Å². The molecule has 1 fully saturated rings. The van der Waals surface area contributed by atoms with Crippen LogP contribution in [0.1, 0.15) is 38.7 Å². The molecular weight excluding hydrogens is 274 g/mol. The van der Waals surface area contributed by atoms with Crippen LogP contribution in [0.5, 0.6) is 0 Å². The maximum absolute atomic E-state index is 5.91. The molecule has 1 nitrogen and oxygen atoms in total. The van der Waals surface area contributed by atoms with Gasteiger partial charge in [0.2, 0.25) is 0 Å². The summed E-state index contributed by atoms with van der Waals surface area (Å²) in [6, 6.07) is 8.98. The van der Waals surface area contributed by atoms with Gasteiger partial charge in [-0.15, -0.1) is 0 Å². The number of nitrogens with one attached hydrogen (secondary N) is 1. The second kappa shape index (κ2) is 7.56. The normalized spacial score (nSPS) is 26.8. The van der Waals surface area contributed by atoms with E-state index in [0.29, 0.717) is 0 Å². The first-order chi connectivity index (χ1) is 9.20. The Morgan fingerprint density at radius 1 is 1.26 bits per heavy atom. The fraction of sp³-hybridized carbons (Fsp3) is 0.625. The van der Waals surface area contributed by atoms with E-state index < -0.39 is 0 Å². The minimum absolute atomic E-state index is 0.725. The molecule has 3 heteroatoms. The van der Waals surface area contributed by atoms with Crippen LogP contribution >= 0.6 is 23.4 Å². The maximum Gasteiger partial charge on any atom is 0.0406 e. The van der Waals surface area contributed by atoms with Gasteiger partial charge in [0.05, 0.1) is 0 Å². The van der Waals surface area contributed by atoms with E-state index >= 15 is 0 Å². The lowest BCUT2D eigenvalue weighted by molar-refractivity contribution is 0.432. The fourth-order valence-corrected chi connectivity index (χ4v) is 4.29. The second-order valence-electron chi connectivity index (χ2n) is 5.47. The molecule has 0 aromatic heterocycles. The molecule has 1 saturated carbocycles. The van der Waals surface area contributed by atoms with E-state index in [1.807, 2.05) is 12.1 Å². The van der Waals surface area contributed by atoms with Crippen LogP contribution in [0.2, 0.25) is 5.02 Å². The Labute approximate surface area is 126 Å². The third-order valence-electron chi connectivity index (χ3n) is 4.02. The second-order valence-corrected chi connectivity index (χ2v) is 7.14. The van der Waals surface area contributed by atoms with Gasteiger partial charge in [-0.3, -0.25) is 0 Å². The summed E-state index contributed by atoms with van der Waals surface area (Å²) in [7, 11) is 0. The summed E-state index contributed by atoms with van der Waals surface area (Å²) in [5.41, 5.74) is 1.38. The van der Waals surface area contributed by atoms with E-state index in [0.717, 1.165) is 34.5 Å². The number of thioether (sulfide) groups is 1. The van der Waals surface area contributed by atoms with Crippen LogP contribution in [-0.2, 0) is 5.75 Å². The molecule has 0 amide bonds. The first-order valence-electron chi connectivity index (χ1n) is 7.30. The molecule has 1 aromatic carbocycles. The average molecular weight is 298 g/mol. The Morgan fingerprint density at radius 2 is 2.00 bits per heavy atom. The Balaban J connectivity index is 1.79. The zero-order valence-electron chi connectivity index (χ0n) is 11.9. The predicted octanol–water partition coefficient (Wildman–Crippen LogP) is 4.74. The molecule has 0 aliphatic heterocycles. The van der Waals surface area contributed by atoms with Gasteiger partial charge in [-0.05, 0) is 49.4 Å². The predicted molar refractivity (Wildman–Crippen MR) is 87.0 cm³/mol. The van der Waals surface area contributed by atoms with Crippen LogP contribution in [0.3, 0.4) is 0 Å². The number of hydrogen-bond acceptors (Lipinski definition) is 2. The quantitative estimate of drug-likeness (QED) is 0.814. The Bertz CT molecular complexity index is 379. The highest BCUT2D eigenvalue weighted by Gasteiger charge is 2.32. The van der Waals surface area contributed by atoms with E-state index in [9.17, 15) is 0 Å². The van der Waals surface area contributed by atoms with Crippen molar-refractivity contribution in [3.8, 4) is 0 Å². The lowest BCUT2D eigenvalue weighted by Crippen LogP contribution is -2.33. The molecule has 0 saturated heterocycles. The van der Waals surface area contributed by atoms with Gasteiger partial charge in [0, 0.05) is 22.1 Å². The maximum atomic E-state index is 5.91. The Kier molecular flexibility index (Phi) is 6.06. The van der Waals surface area contributed by atoms with Gasteiger partial charge in [0.15, 0.2) is 0 Å². The fourth-order valence-electron chi connectivity index (χ4n) is 2.77. The molecular formula is C16H24ClNS. The Morgan fingerprint density at radius 3 is 2.68 bits per heavy atom. The first kappa shape index (κ1) is 15.2. The summed E-state index contributed by atoms with van der Waals surface area (Å²) in [4.78, 5) is 0. The van der Waals surface area contributed by atoms with E-state index in [2.05, 4.69) is 43.1 Å². The summed E-state index contributed by atoms with van der Waals surface area (Å²) >= 11 is 8.02. The molecule has 0 radical (unpaired) electrons. The molecule has 0 spiro atoms. The molecule has 1 N–H and O–H groups in total. The standard InChI is InChI=1S/C16H24ClNS/c1-3-10-18-15-8-9-16(12(15)2)19-11-13-4-6-14(17)7-5-13/h4-7,12,15-16,18H,3,8-11H2,1-2H3. The summed E-state index contributed by atoms with van der Waals surface area (Å²) in [5.74, 6) is 1.89. The van der Waals surface area contributed by atoms with Crippen molar-refractivity contribution in [1.82, 2.24) is 5.32 Å². The lowest BCUT2D eigenvalue weighted by Gasteiger charge is -2.21. The van der Waals surface area contributed by atoms with E-state index in [-0.39, 0.29) is 0 Å². The smallest absolute Gasteiger partial charge is 0.0406 e. The van der Waals surface area contributed by atoms with Gasteiger partial charge in [-0.2, -0.15) is 11.8 Å². The lowest BCUT2D eigenvalue weighted by atomic mass is 10.1. The SMILES string of the molecule is CCCNC1CCC(SCc2ccc(Cl)cc2)C1C. The summed E-state index contributed by atoms with van der Waals surface area (Å²) in [6.07, 6.45) is 3.91. The molecule has 1 aliphatic carbocycles. The van der Waals surface area contributed by atoms with Crippen molar-refractivity contribution < 1.29 is 0 Å². The van der Waals surface area contributed by atoms with Crippen molar-refractivity contribution in [2.45, 2.75) is 50.2 Å². The van der Waals surface area contributed by atoms with Crippen LogP contribution in [0.4, 0.5) is 0 Å². The van der Waals surface area contributed by atoms with E-state index in [4.69, 9.17) is 11.6 Å². The number of benzene rings is 1. The van der Waals surface area contributed by atoms with E-state index in [1.165, 1.54) is 24.8 Å². The summed E-state index contributed by atoms with van der Waals surface area (Å²) < 4.78 is 0.